The molecule has 0 radical (unpaired) electrons. The van der Waals surface area contributed by atoms with Crippen molar-refractivity contribution in [2.45, 2.75) is 13.0 Å². The first-order valence-electron chi connectivity index (χ1n) is 10.4. The predicted molar refractivity (Wildman–Crippen MR) is 122 cm³/mol. The van der Waals surface area contributed by atoms with Gasteiger partial charge in [-0.25, -0.2) is 4.98 Å². The van der Waals surface area contributed by atoms with Gasteiger partial charge >= 0.3 is 0 Å². The average molecular weight is 435 g/mol. The first kappa shape index (κ1) is 18.5. The van der Waals surface area contributed by atoms with Gasteiger partial charge in [-0.15, -0.1) is 21.5 Å². The van der Waals surface area contributed by atoms with Gasteiger partial charge in [-0.2, -0.15) is 0 Å². The van der Waals surface area contributed by atoms with Crippen molar-refractivity contribution in [3.8, 4) is 0 Å². The fraction of sp³-hybridized carbons (Fsp3) is 0.333. The summed E-state index contributed by atoms with van der Waals surface area (Å²) in [5, 5.41) is 10.7. The molecule has 1 aliphatic rings. The zero-order valence-electron chi connectivity index (χ0n) is 17.2. The molecular weight excluding hydrogens is 412 g/mol. The molecule has 10 heteroatoms. The van der Waals surface area contributed by atoms with Crippen molar-refractivity contribution in [3.05, 3.63) is 51.9 Å². The van der Waals surface area contributed by atoms with Crippen molar-refractivity contribution in [2.24, 2.45) is 7.05 Å². The zero-order valence-corrected chi connectivity index (χ0v) is 18.0. The van der Waals surface area contributed by atoms with Gasteiger partial charge in [0.1, 0.15) is 4.70 Å². The van der Waals surface area contributed by atoms with Crippen molar-refractivity contribution in [2.75, 3.05) is 31.1 Å². The molecule has 1 aliphatic heterocycles. The number of nitrogens with zero attached hydrogens (tertiary/aromatic N) is 7. The van der Waals surface area contributed by atoms with Crippen LogP contribution in [0.25, 0.3) is 27.0 Å². The van der Waals surface area contributed by atoms with Crippen LogP contribution < -0.4 is 10.5 Å². The number of anilines is 1. The minimum Gasteiger partial charge on any atom is -0.341 e. The van der Waals surface area contributed by atoms with Crippen LogP contribution in [0.2, 0.25) is 0 Å². The maximum Gasteiger partial charge on any atom is 0.272 e. The summed E-state index contributed by atoms with van der Waals surface area (Å²) in [6.45, 7) is 4.43. The minimum atomic E-state index is -0.0206. The van der Waals surface area contributed by atoms with Gasteiger partial charge in [0.2, 0.25) is 11.7 Å². The number of imidazole rings is 1. The second-order valence-corrected chi connectivity index (χ2v) is 8.86. The molecule has 4 aromatic heterocycles. The van der Waals surface area contributed by atoms with Crippen molar-refractivity contribution >= 4 is 44.3 Å². The van der Waals surface area contributed by atoms with Gasteiger partial charge in [-0.1, -0.05) is 12.1 Å². The number of nitrogens with one attached hydrogen (secondary N) is 1. The molecule has 0 aliphatic carbocycles. The van der Waals surface area contributed by atoms with Crippen LogP contribution >= 0.6 is 11.3 Å². The molecule has 0 amide bonds. The molecule has 0 atom stereocenters. The molecule has 6 rings (SSSR count). The fourth-order valence-corrected chi connectivity index (χ4v) is 5.24. The average Bonchev–Trinajstić information content (AvgIpc) is 3.48. The number of rotatable bonds is 3. The molecule has 31 heavy (non-hydrogen) atoms. The number of H-pyrrole nitrogens is 1. The zero-order chi connectivity index (χ0) is 20.9. The van der Waals surface area contributed by atoms with E-state index in [1.165, 1.54) is 11.3 Å². The van der Waals surface area contributed by atoms with Crippen LogP contribution in [-0.2, 0) is 13.6 Å². The Kier molecular flexibility index (Phi) is 4.29. The Hall–Kier alpha value is -3.24. The van der Waals surface area contributed by atoms with Gasteiger partial charge in [-0.3, -0.25) is 18.7 Å². The van der Waals surface area contributed by atoms with E-state index in [2.05, 4.69) is 31.0 Å². The monoisotopic (exact) mass is 434 g/mol. The lowest BCUT2D eigenvalue weighted by Gasteiger charge is -2.21. The van der Waals surface area contributed by atoms with E-state index in [0.29, 0.717) is 12.3 Å². The quantitative estimate of drug-likeness (QED) is 0.469. The highest BCUT2D eigenvalue weighted by Crippen LogP contribution is 2.21. The van der Waals surface area contributed by atoms with E-state index < -0.39 is 0 Å². The smallest absolute Gasteiger partial charge is 0.272 e. The van der Waals surface area contributed by atoms with Crippen LogP contribution in [0.3, 0.4) is 0 Å². The lowest BCUT2D eigenvalue weighted by Crippen LogP contribution is -2.31. The van der Waals surface area contributed by atoms with Gasteiger partial charge in [0.15, 0.2) is 5.82 Å². The van der Waals surface area contributed by atoms with E-state index in [1.807, 2.05) is 34.0 Å². The number of para-hydroxylation sites is 2. The number of hydrogen-bond donors (Lipinski definition) is 1. The van der Waals surface area contributed by atoms with E-state index in [-0.39, 0.29) is 5.56 Å². The molecule has 0 unspecified atom stereocenters. The third kappa shape index (κ3) is 3.02. The first-order valence-corrected chi connectivity index (χ1v) is 11.3. The highest BCUT2D eigenvalue weighted by Gasteiger charge is 2.21. The summed E-state index contributed by atoms with van der Waals surface area (Å²) < 4.78 is 4.35. The van der Waals surface area contributed by atoms with Crippen LogP contribution in [0.1, 0.15) is 12.2 Å². The summed E-state index contributed by atoms with van der Waals surface area (Å²) in [5.74, 6) is 2.39. The Bertz CT molecular complexity index is 1430. The Morgan fingerprint density at radius 2 is 2.00 bits per heavy atom. The van der Waals surface area contributed by atoms with Crippen molar-refractivity contribution < 1.29 is 0 Å². The molecule has 5 aromatic rings. The van der Waals surface area contributed by atoms with Crippen molar-refractivity contribution in [3.63, 3.8) is 0 Å². The second-order valence-electron chi connectivity index (χ2n) is 7.95. The number of aromatic nitrogens is 6. The third-order valence-electron chi connectivity index (χ3n) is 6.03. The molecule has 1 saturated heterocycles. The third-order valence-corrected chi connectivity index (χ3v) is 6.92. The van der Waals surface area contributed by atoms with Crippen LogP contribution in [-0.4, -0.2) is 60.2 Å². The number of aryl methyl sites for hydroxylation is 1. The molecule has 1 N–H and O–H groups in total. The van der Waals surface area contributed by atoms with Gasteiger partial charge in [0.25, 0.3) is 5.56 Å². The van der Waals surface area contributed by atoms with Gasteiger partial charge in [-0.05, 0) is 30.0 Å². The Morgan fingerprint density at radius 1 is 1.10 bits per heavy atom. The number of thiophene rings is 1. The van der Waals surface area contributed by atoms with E-state index in [1.54, 1.807) is 11.6 Å². The van der Waals surface area contributed by atoms with Gasteiger partial charge < -0.3 is 9.88 Å². The van der Waals surface area contributed by atoms with E-state index in [0.717, 1.165) is 65.6 Å². The maximum absolute atomic E-state index is 12.6. The minimum absolute atomic E-state index is 0.0206. The van der Waals surface area contributed by atoms with Crippen LogP contribution in [0.4, 0.5) is 5.95 Å². The predicted octanol–water partition coefficient (Wildman–Crippen LogP) is 2.23. The molecule has 1 fully saturated rings. The van der Waals surface area contributed by atoms with E-state index in [4.69, 9.17) is 4.98 Å². The summed E-state index contributed by atoms with van der Waals surface area (Å²) in [5.41, 5.74) is 2.94. The first-order chi connectivity index (χ1) is 15.2. The fourth-order valence-electron chi connectivity index (χ4n) is 4.39. The summed E-state index contributed by atoms with van der Waals surface area (Å²) in [6, 6.07) is 10.1. The Balaban J connectivity index is 1.26. The maximum atomic E-state index is 12.6. The van der Waals surface area contributed by atoms with Gasteiger partial charge in [0.05, 0.1) is 23.1 Å². The SMILES string of the molecule is Cn1c(=O)c2sccc2n2c(CN3CCCN(c4nc5ccccc5[nH]4)CC3)nnc12. The molecule has 0 spiro atoms. The van der Waals surface area contributed by atoms with E-state index in [9.17, 15) is 4.79 Å². The molecule has 0 saturated carbocycles. The van der Waals surface area contributed by atoms with Gasteiger partial charge in [0, 0.05) is 33.2 Å². The number of benzene rings is 1. The lowest BCUT2D eigenvalue weighted by molar-refractivity contribution is 0.277. The molecule has 158 valence electrons. The summed E-state index contributed by atoms with van der Waals surface area (Å²) in [4.78, 5) is 25.5. The van der Waals surface area contributed by atoms with Crippen LogP contribution in [0, 0.1) is 0 Å². The molecular formula is C21H22N8OS. The van der Waals surface area contributed by atoms with Crippen LogP contribution in [0.5, 0.6) is 0 Å². The highest BCUT2D eigenvalue weighted by molar-refractivity contribution is 7.17. The highest BCUT2D eigenvalue weighted by atomic mass is 32.1. The number of hydrogen-bond acceptors (Lipinski definition) is 7. The van der Waals surface area contributed by atoms with Crippen LogP contribution in [0.15, 0.2) is 40.5 Å². The summed E-state index contributed by atoms with van der Waals surface area (Å²) in [6.07, 6.45) is 1.04. The van der Waals surface area contributed by atoms with Crippen molar-refractivity contribution in [1.29, 1.82) is 0 Å². The number of aromatic amines is 1. The molecule has 9 nitrogen and oxygen atoms in total. The summed E-state index contributed by atoms with van der Waals surface area (Å²) in [7, 11) is 1.76. The number of fused-ring (bicyclic) bond motifs is 4. The normalized spacial score (nSPS) is 16.0. The Labute approximate surface area is 181 Å². The lowest BCUT2D eigenvalue weighted by atomic mass is 10.3. The molecule has 0 bridgehead atoms. The topological polar surface area (TPSA) is 87.4 Å². The second kappa shape index (κ2) is 7.17. The largest absolute Gasteiger partial charge is 0.341 e. The molecule has 1 aromatic carbocycles. The Morgan fingerprint density at radius 3 is 2.90 bits per heavy atom. The molecule has 5 heterocycles. The standard InChI is InChI=1S/C21H22N8OS/c1-26-19(30)18-16(7-12-31-18)29-17(24-25-21(26)29)13-27-8-4-9-28(11-10-27)20-22-14-5-2-3-6-15(14)23-20/h2-3,5-7,12H,4,8-11,13H2,1H3,(H,22,23). The van der Waals surface area contributed by atoms with E-state index >= 15 is 0 Å². The van der Waals surface area contributed by atoms with Crippen molar-refractivity contribution in [1.82, 2.24) is 34.0 Å². The summed E-state index contributed by atoms with van der Waals surface area (Å²) >= 11 is 1.46.